The average Bonchev–Trinajstić information content (AvgIpc) is 2.79. The second-order valence-electron chi connectivity index (χ2n) is 8.14. The highest BCUT2D eigenvalue weighted by Gasteiger charge is 2.31. The second-order valence-corrected chi connectivity index (χ2v) is 8.14. The number of amides is 2. The van der Waals surface area contributed by atoms with Crippen LogP contribution in [-0.2, 0) is 0 Å². The number of carbonyl (C=O) groups excluding carboxylic acids is 2. The predicted octanol–water partition coefficient (Wildman–Crippen LogP) is 4.44. The number of rotatable bonds is 15. The maximum Gasteiger partial charge on any atom is 0.261 e. The molecule has 1 aliphatic rings. The Bertz CT molecular complexity index is 832. The lowest BCUT2D eigenvalue weighted by Crippen LogP contribution is -2.41. The number of nitrogens with one attached hydrogen (secondary N) is 3. The van der Waals surface area contributed by atoms with Crippen molar-refractivity contribution in [1.82, 2.24) is 20.9 Å². The molecule has 1 aliphatic heterocycles. The molecule has 2 amide bonds. The molecule has 0 fully saturated rings. The molecule has 0 aliphatic carbocycles. The Morgan fingerprint density at radius 1 is 0.647 bits per heavy atom. The van der Waals surface area contributed by atoms with Gasteiger partial charge in [0.1, 0.15) is 0 Å². The largest absolute Gasteiger partial charge is 0.317 e. The summed E-state index contributed by atoms with van der Waals surface area (Å²) in [5, 5.41) is 12.1. The first-order valence-corrected chi connectivity index (χ1v) is 11.7. The van der Waals surface area contributed by atoms with Crippen molar-refractivity contribution >= 4 is 59.8 Å². The van der Waals surface area contributed by atoms with Crippen molar-refractivity contribution in [2.45, 2.75) is 39.0 Å². The van der Waals surface area contributed by atoms with E-state index in [1.165, 1.54) is 17.7 Å². The normalized spacial score (nSPS) is 12.2. The van der Waals surface area contributed by atoms with Crippen LogP contribution < -0.4 is 16.0 Å². The Morgan fingerprint density at radius 3 is 1.65 bits per heavy atom. The standard InChI is InChI=1S/C25H36N4O2.3ClH/c1-2-13-26-16-7-17-27-14-3-4-15-28-18-8-19-29-24(30)21-11-5-9-20-10-6-12-22(23(20)21)25(29)31;;;/h5-6,9-12,26-28H,2-4,7-8,13-19H2,1H3;3*1H. The predicted molar refractivity (Wildman–Crippen MR) is 148 cm³/mol. The van der Waals surface area contributed by atoms with Gasteiger partial charge in [0.05, 0.1) is 0 Å². The Balaban J connectivity index is 0.00000363. The molecular weight excluding hydrogens is 495 g/mol. The van der Waals surface area contributed by atoms with Crippen molar-refractivity contribution in [2.24, 2.45) is 0 Å². The molecule has 0 bridgehead atoms. The highest BCUT2D eigenvalue weighted by molar-refractivity contribution is 6.25. The van der Waals surface area contributed by atoms with Gasteiger partial charge in [-0.2, -0.15) is 0 Å². The van der Waals surface area contributed by atoms with E-state index in [2.05, 4.69) is 22.9 Å². The summed E-state index contributed by atoms with van der Waals surface area (Å²) >= 11 is 0. The van der Waals surface area contributed by atoms with Gasteiger partial charge in [-0.3, -0.25) is 14.5 Å². The zero-order valence-corrected chi connectivity index (χ0v) is 22.4. The first-order valence-electron chi connectivity index (χ1n) is 11.7. The first-order chi connectivity index (χ1) is 15.2. The van der Waals surface area contributed by atoms with Crippen molar-refractivity contribution in [3.63, 3.8) is 0 Å². The summed E-state index contributed by atoms with van der Waals surface area (Å²) in [6.45, 7) is 8.72. The summed E-state index contributed by atoms with van der Waals surface area (Å²) in [4.78, 5) is 27.1. The van der Waals surface area contributed by atoms with Gasteiger partial charge in [0, 0.05) is 23.1 Å². The molecular formula is C25H39Cl3N4O2. The Labute approximate surface area is 222 Å². The van der Waals surface area contributed by atoms with Crippen LogP contribution in [0.25, 0.3) is 10.8 Å². The van der Waals surface area contributed by atoms with Crippen molar-refractivity contribution in [1.29, 1.82) is 0 Å². The van der Waals surface area contributed by atoms with Crippen molar-refractivity contribution < 1.29 is 9.59 Å². The molecule has 2 aromatic carbocycles. The highest BCUT2D eigenvalue weighted by Crippen LogP contribution is 2.29. The summed E-state index contributed by atoms with van der Waals surface area (Å²) in [6, 6.07) is 11.3. The molecule has 192 valence electrons. The van der Waals surface area contributed by atoms with Crippen LogP contribution in [0.3, 0.4) is 0 Å². The fraction of sp³-hybridized carbons (Fsp3) is 0.520. The maximum absolute atomic E-state index is 12.9. The van der Waals surface area contributed by atoms with Crippen molar-refractivity contribution in [2.75, 3.05) is 45.8 Å². The number of hydrogen-bond donors (Lipinski definition) is 3. The maximum atomic E-state index is 12.9. The summed E-state index contributed by atoms with van der Waals surface area (Å²) in [5.41, 5.74) is 1.27. The van der Waals surface area contributed by atoms with Crippen LogP contribution in [0.5, 0.6) is 0 Å². The smallest absolute Gasteiger partial charge is 0.261 e. The molecule has 9 heteroatoms. The third-order valence-corrected chi connectivity index (χ3v) is 5.68. The van der Waals surface area contributed by atoms with Gasteiger partial charge in [0.2, 0.25) is 0 Å². The minimum Gasteiger partial charge on any atom is -0.317 e. The monoisotopic (exact) mass is 532 g/mol. The van der Waals surface area contributed by atoms with Gasteiger partial charge in [0.25, 0.3) is 11.8 Å². The molecule has 3 rings (SSSR count). The number of benzene rings is 2. The van der Waals surface area contributed by atoms with Gasteiger partial charge < -0.3 is 16.0 Å². The Hall–Kier alpha value is -1.41. The molecule has 0 aromatic heterocycles. The zero-order chi connectivity index (χ0) is 21.9. The molecule has 0 spiro atoms. The van der Waals surface area contributed by atoms with Crippen molar-refractivity contribution in [3.8, 4) is 0 Å². The first kappa shape index (κ1) is 32.6. The molecule has 1 heterocycles. The number of nitrogens with zero attached hydrogens (tertiary/aromatic N) is 1. The summed E-state index contributed by atoms with van der Waals surface area (Å²) in [6.07, 6.45) is 5.40. The molecule has 0 atom stereocenters. The van der Waals surface area contributed by atoms with E-state index >= 15 is 0 Å². The number of unbranched alkanes of at least 4 members (excludes halogenated alkanes) is 1. The van der Waals surface area contributed by atoms with E-state index in [9.17, 15) is 9.59 Å². The van der Waals surface area contributed by atoms with Gasteiger partial charge in [-0.15, -0.1) is 37.2 Å². The molecule has 0 radical (unpaired) electrons. The molecule has 3 N–H and O–H groups in total. The van der Waals surface area contributed by atoms with E-state index in [0.717, 1.165) is 69.3 Å². The van der Waals surface area contributed by atoms with E-state index < -0.39 is 0 Å². The third-order valence-electron chi connectivity index (χ3n) is 5.68. The minimum atomic E-state index is -0.176. The van der Waals surface area contributed by atoms with Crippen molar-refractivity contribution in [3.05, 3.63) is 47.5 Å². The van der Waals surface area contributed by atoms with E-state index in [1.54, 1.807) is 0 Å². The van der Waals surface area contributed by atoms with Crippen LogP contribution in [-0.4, -0.2) is 62.5 Å². The van der Waals surface area contributed by atoms with Gasteiger partial charge in [-0.1, -0.05) is 31.2 Å². The minimum absolute atomic E-state index is 0. The van der Waals surface area contributed by atoms with Crippen LogP contribution in [0, 0.1) is 0 Å². The van der Waals surface area contributed by atoms with E-state index in [0.29, 0.717) is 17.7 Å². The molecule has 0 saturated carbocycles. The second kappa shape index (κ2) is 17.9. The SMILES string of the molecule is CCCNCCCNCCCCNCCCN1C(=O)c2cccc3cccc(c23)C1=O.Cl.Cl.Cl. The number of hydrogen-bond acceptors (Lipinski definition) is 5. The molecule has 0 unspecified atom stereocenters. The fourth-order valence-electron chi connectivity index (χ4n) is 4.04. The average molecular weight is 534 g/mol. The van der Waals surface area contributed by atoms with Crippen LogP contribution >= 0.6 is 37.2 Å². The van der Waals surface area contributed by atoms with Crippen LogP contribution in [0.15, 0.2) is 36.4 Å². The van der Waals surface area contributed by atoms with Crippen LogP contribution in [0.4, 0.5) is 0 Å². The summed E-state index contributed by atoms with van der Waals surface area (Å²) in [7, 11) is 0. The molecule has 6 nitrogen and oxygen atoms in total. The number of imide groups is 1. The molecule has 2 aromatic rings. The summed E-state index contributed by atoms with van der Waals surface area (Å²) < 4.78 is 0. The molecule has 34 heavy (non-hydrogen) atoms. The van der Waals surface area contributed by atoms with Gasteiger partial charge in [-0.25, -0.2) is 0 Å². The lowest BCUT2D eigenvalue weighted by atomic mass is 9.94. The topological polar surface area (TPSA) is 73.5 Å². The highest BCUT2D eigenvalue weighted by atomic mass is 35.5. The van der Waals surface area contributed by atoms with E-state index in [-0.39, 0.29) is 49.0 Å². The quantitative estimate of drug-likeness (QED) is 0.233. The third kappa shape index (κ3) is 8.99. The molecule has 0 saturated heterocycles. The lowest BCUT2D eigenvalue weighted by molar-refractivity contribution is 0.0609. The Morgan fingerprint density at radius 2 is 1.12 bits per heavy atom. The summed E-state index contributed by atoms with van der Waals surface area (Å²) in [5.74, 6) is -0.351. The van der Waals surface area contributed by atoms with Gasteiger partial charge in [-0.05, 0) is 88.9 Å². The van der Waals surface area contributed by atoms with Gasteiger partial charge >= 0.3 is 0 Å². The van der Waals surface area contributed by atoms with Crippen LogP contribution in [0.1, 0.15) is 59.7 Å². The number of halogens is 3. The van der Waals surface area contributed by atoms with E-state index in [1.807, 2.05) is 36.4 Å². The zero-order valence-electron chi connectivity index (χ0n) is 19.9. The van der Waals surface area contributed by atoms with Crippen LogP contribution in [0.2, 0.25) is 0 Å². The fourth-order valence-corrected chi connectivity index (χ4v) is 4.04. The van der Waals surface area contributed by atoms with Gasteiger partial charge in [0.15, 0.2) is 0 Å². The Kier molecular flexibility index (Phi) is 17.2. The lowest BCUT2D eigenvalue weighted by Gasteiger charge is -2.27. The number of carbonyl (C=O) groups is 2. The van der Waals surface area contributed by atoms with E-state index in [4.69, 9.17) is 0 Å².